The first-order valence-corrected chi connectivity index (χ1v) is 6.34. The van der Waals surface area contributed by atoms with Crippen LogP contribution in [0.2, 0.25) is 5.02 Å². The van der Waals surface area contributed by atoms with Gasteiger partial charge in [0.1, 0.15) is 11.2 Å². The number of hydrogen-bond donors (Lipinski definition) is 3. The summed E-state index contributed by atoms with van der Waals surface area (Å²) in [6, 6.07) is 6.56. The van der Waals surface area contributed by atoms with Gasteiger partial charge in [-0.05, 0) is 24.3 Å². The summed E-state index contributed by atoms with van der Waals surface area (Å²) in [5, 5.41) is 20.9. The maximum absolute atomic E-state index is 11.7. The number of halogens is 1. The molecule has 9 nitrogen and oxygen atoms in total. The predicted octanol–water partition coefficient (Wildman–Crippen LogP) is 0.998. The molecule has 3 N–H and O–H groups in total. The Morgan fingerprint density at radius 2 is 2.00 bits per heavy atom. The Morgan fingerprint density at radius 3 is 2.57 bits per heavy atom. The van der Waals surface area contributed by atoms with Crippen molar-refractivity contribution in [2.45, 2.75) is 6.10 Å². The normalized spacial score (nSPS) is 17.2. The number of amides is 1. The average molecular weight is 314 g/mol. The molecule has 0 aromatic heterocycles. The lowest BCUT2D eigenvalue weighted by Crippen LogP contribution is -2.53. The average Bonchev–Trinajstić information content (AvgIpc) is 2.43. The number of ether oxygens (including phenoxy) is 1. The molecule has 0 aliphatic carbocycles. The topological polar surface area (TPSA) is 118 Å². The molecule has 0 saturated carbocycles. The molecule has 1 heterocycles. The number of rotatable bonds is 3. The largest absolute Gasteiger partial charge is 0.442 e. The Hall–Kier alpha value is -2.55. The summed E-state index contributed by atoms with van der Waals surface area (Å²) in [5.74, 6) is 0.0398. The Kier molecular flexibility index (Phi) is 4.77. The van der Waals surface area contributed by atoms with E-state index in [1.54, 1.807) is 24.3 Å². The Morgan fingerprint density at radius 1 is 1.38 bits per heavy atom. The number of nitro groups is 1. The van der Waals surface area contributed by atoms with Crippen LogP contribution in [0.4, 0.5) is 10.5 Å². The van der Waals surface area contributed by atoms with Crippen LogP contribution in [0.5, 0.6) is 0 Å². The van der Waals surface area contributed by atoms with Gasteiger partial charge in [0.2, 0.25) is 0 Å². The third kappa shape index (κ3) is 4.80. The van der Waals surface area contributed by atoms with E-state index < -0.39 is 17.2 Å². The number of nitrogens with one attached hydrogen (secondary N) is 3. The van der Waals surface area contributed by atoms with E-state index >= 15 is 0 Å². The zero-order valence-electron chi connectivity index (χ0n) is 10.7. The molecule has 1 saturated heterocycles. The predicted molar refractivity (Wildman–Crippen MR) is 75.8 cm³/mol. The van der Waals surface area contributed by atoms with Gasteiger partial charge in [0.05, 0.1) is 13.1 Å². The maximum Gasteiger partial charge on any atom is 0.412 e. The van der Waals surface area contributed by atoms with E-state index in [4.69, 9.17) is 16.3 Å². The molecular formula is C11H12ClN5O4. The van der Waals surface area contributed by atoms with Crippen LogP contribution >= 0.6 is 11.6 Å². The maximum atomic E-state index is 11.7. The first kappa shape index (κ1) is 14.9. The summed E-state index contributed by atoms with van der Waals surface area (Å²) in [6.45, 7) is 0.460. The summed E-state index contributed by atoms with van der Waals surface area (Å²) in [5.41, 5.74) is 0.553. The highest BCUT2D eigenvalue weighted by molar-refractivity contribution is 6.30. The first-order valence-electron chi connectivity index (χ1n) is 5.97. The second-order valence-electron chi connectivity index (χ2n) is 4.11. The van der Waals surface area contributed by atoms with Gasteiger partial charge in [-0.2, -0.15) is 0 Å². The fourth-order valence-electron chi connectivity index (χ4n) is 1.62. The number of carbonyl (C=O) groups excluding carboxylic acids is 1. The third-order valence-corrected chi connectivity index (χ3v) is 2.79. The highest BCUT2D eigenvalue weighted by atomic mass is 35.5. The van der Waals surface area contributed by atoms with Gasteiger partial charge in [0, 0.05) is 10.7 Å². The molecule has 1 aliphatic heterocycles. The smallest absolute Gasteiger partial charge is 0.412 e. The van der Waals surface area contributed by atoms with Gasteiger partial charge < -0.3 is 15.4 Å². The second-order valence-corrected chi connectivity index (χ2v) is 4.54. The molecule has 0 atom stereocenters. The highest BCUT2D eigenvalue weighted by Gasteiger charge is 2.21. The van der Waals surface area contributed by atoms with E-state index in [9.17, 15) is 14.9 Å². The molecule has 1 aromatic rings. The number of nitrogens with zero attached hydrogens (tertiary/aromatic N) is 2. The standard InChI is InChI=1S/C11H12ClN5O4/c12-7-1-3-8(4-2-7)15-11(18)21-9-5-13-10(14-6-9)16-17(19)20/h1-4,9H,5-6H2,(H,15,18)(H2,13,14,16). The van der Waals surface area contributed by atoms with Crippen LogP contribution in [0.1, 0.15) is 0 Å². The van der Waals surface area contributed by atoms with Crippen molar-refractivity contribution in [2.24, 2.45) is 5.10 Å². The lowest BCUT2D eigenvalue weighted by molar-refractivity contribution is -0.485. The highest BCUT2D eigenvalue weighted by Crippen LogP contribution is 2.13. The van der Waals surface area contributed by atoms with E-state index in [1.807, 2.05) is 0 Å². The van der Waals surface area contributed by atoms with Crippen molar-refractivity contribution in [2.75, 3.05) is 18.4 Å². The van der Waals surface area contributed by atoms with Gasteiger partial charge in [-0.25, -0.2) is 14.9 Å². The van der Waals surface area contributed by atoms with Crippen LogP contribution in [-0.4, -0.2) is 36.3 Å². The van der Waals surface area contributed by atoms with Gasteiger partial charge in [0.25, 0.3) is 5.96 Å². The number of carbonyl (C=O) groups is 1. The van der Waals surface area contributed by atoms with Crippen LogP contribution in [0.15, 0.2) is 29.4 Å². The Bertz CT molecular complexity index is 552. The van der Waals surface area contributed by atoms with E-state index in [1.165, 1.54) is 0 Å². The lowest BCUT2D eigenvalue weighted by Gasteiger charge is -2.24. The Labute approximate surface area is 124 Å². The van der Waals surface area contributed by atoms with E-state index in [2.05, 4.69) is 21.1 Å². The van der Waals surface area contributed by atoms with Crippen LogP contribution in [-0.2, 0) is 4.74 Å². The van der Waals surface area contributed by atoms with E-state index in [-0.39, 0.29) is 19.0 Å². The first-order chi connectivity index (χ1) is 10.0. The number of hydrazone groups is 1. The molecule has 1 amide bonds. The van der Waals surface area contributed by atoms with Crippen molar-refractivity contribution in [3.8, 4) is 0 Å². The minimum absolute atomic E-state index is 0.0398. The molecule has 10 heteroatoms. The number of benzene rings is 1. The van der Waals surface area contributed by atoms with Crippen LogP contribution in [0, 0.1) is 10.1 Å². The van der Waals surface area contributed by atoms with Crippen molar-refractivity contribution in [1.82, 2.24) is 10.6 Å². The van der Waals surface area contributed by atoms with Gasteiger partial charge in [-0.1, -0.05) is 11.6 Å². The monoisotopic (exact) mass is 313 g/mol. The van der Waals surface area contributed by atoms with Crippen molar-refractivity contribution in [3.63, 3.8) is 0 Å². The van der Waals surface area contributed by atoms with Gasteiger partial charge in [-0.3, -0.25) is 5.32 Å². The molecule has 112 valence electrons. The zero-order valence-corrected chi connectivity index (χ0v) is 11.5. The third-order valence-electron chi connectivity index (χ3n) is 2.54. The van der Waals surface area contributed by atoms with Crippen LogP contribution in [0.3, 0.4) is 0 Å². The van der Waals surface area contributed by atoms with E-state index in [0.29, 0.717) is 10.7 Å². The fourth-order valence-corrected chi connectivity index (χ4v) is 1.75. The SMILES string of the molecule is O=C(Nc1ccc(Cl)cc1)OC1CNC(=N[N+](=O)[O-])NC1. The van der Waals surface area contributed by atoms with Crippen molar-refractivity contribution >= 4 is 29.3 Å². The summed E-state index contributed by atoms with van der Waals surface area (Å²) in [7, 11) is 0. The molecular weight excluding hydrogens is 302 g/mol. The van der Waals surface area contributed by atoms with Crippen LogP contribution < -0.4 is 16.0 Å². The molecule has 0 unspecified atom stereocenters. The molecule has 1 fully saturated rings. The summed E-state index contributed by atoms with van der Waals surface area (Å²) < 4.78 is 5.15. The minimum atomic E-state index is -0.816. The second kappa shape index (κ2) is 6.75. The number of anilines is 1. The van der Waals surface area contributed by atoms with Gasteiger partial charge in [-0.15, -0.1) is 0 Å². The zero-order chi connectivity index (χ0) is 15.2. The molecule has 0 spiro atoms. The molecule has 1 aromatic carbocycles. The van der Waals surface area contributed by atoms with Crippen molar-refractivity contribution < 1.29 is 14.6 Å². The van der Waals surface area contributed by atoms with Crippen molar-refractivity contribution in [1.29, 1.82) is 0 Å². The fraction of sp³-hybridized carbons (Fsp3) is 0.273. The minimum Gasteiger partial charge on any atom is -0.442 e. The molecule has 21 heavy (non-hydrogen) atoms. The van der Waals surface area contributed by atoms with Crippen LogP contribution in [0.25, 0.3) is 0 Å². The Balaban J connectivity index is 1.79. The number of hydrogen-bond acceptors (Lipinski definition) is 4. The molecule has 0 bridgehead atoms. The quantitative estimate of drug-likeness (QED) is 0.566. The summed E-state index contributed by atoms with van der Waals surface area (Å²) in [4.78, 5) is 21.9. The molecule has 2 rings (SSSR count). The van der Waals surface area contributed by atoms with Crippen molar-refractivity contribution in [3.05, 3.63) is 39.4 Å². The summed E-state index contributed by atoms with van der Waals surface area (Å²) in [6.07, 6.45) is -1.09. The van der Waals surface area contributed by atoms with E-state index in [0.717, 1.165) is 0 Å². The van der Waals surface area contributed by atoms with Gasteiger partial charge in [0.15, 0.2) is 5.03 Å². The van der Waals surface area contributed by atoms with Gasteiger partial charge >= 0.3 is 6.09 Å². The number of guanidine groups is 1. The molecule has 1 aliphatic rings. The molecule has 0 radical (unpaired) electrons. The lowest BCUT2D eigenvalue weighted by atomic mass is 10.3. The summed E-state index contributed by atoms with van der Waals surface area (Å²) >= 11 is 5.73.